The number of aryl methyl sites for hydroxylation is 2. The molecule has 1 atom stereocenters. The van der Waals surface area contributed by atoms with E-state index in [2.05, 4.69) is 25.7 Å². The summed E-state index contributed by atoms with van der Waals surface area (Å²) in [5.41, 5.74) is 2.03. The van der Waals surface area contributed by atoms with Crippen LogP contribution < -0.4 is 10.9 Å². The zero-order chi connectivity index (χ0) is 19.5. The fraction of sp³-hybridized carbons (Fsp3) is 0.316. The van der Waals surface area contributed by atoms with Crippen molar-refractivity contribution in [2.24, 2.45) is 0 Å². The largest absolute Gasteiger partial charge is 0.353 e. The van der Waals surface area contributed by atoms with Gasteiger partial charge in [0.25, 0.3) is 5.56 Å². The van der Waals surface area contributed by atoms with Gasteiger partial charge in [-0.3, -0.25) is 9.59 Å². The van der Waals surface area contributed by atoms with E-state index >= 15 is 0 Å². The van der Waals surface area contributed by atoms with E-state index in [-0.39, 0.29) is 35.6 Å². The van der Waals surface area contributed by atoms with Crippen LogP contribution in [0.3, 0.4) is 0 Å². The zero-order valence-corrected chi connectivity index (χ0v) is 14.9. The summed E-state index contributed by atoms with van der Waals surface area (Å²) in [7, 11) is 0. The van der Waals surface area contributed by atoms with E-state index in [9.17, 15) is 14.0 Å². The smallest absolute Gasteiger partial charge is 0.264 e. The van der Waals surface area contributed by atoms with Crippen LogP contribution in [0.5, 0.6) is 0 Å². The van der Waals surface area contributed by atoms with Crippen molar-refractivity contribution in [3.05, 3.63) is 63.7 Å². The Morgan fingerprint density at radius 3 is 3.11 bits per heavy atom. The predicted octanol–water partition coefficient (Wildman–Crippen LogP) is 1.57. The van der Waals surface area contributed by atoms with Crippen LogP contribution >= 0.6 is 0 Å². The molecule has 0 bridgehead atoms. The highest BCUT2D eigenvalue weighted by molar-refractivity contribution is 5.76. The van der Waals surface area contributed by atoms with Crippen LogP contribution in [0.25, 0.3) is 11.4 Å². The zero-order valence-electron chi connectivity index (χ0n) is 14.9. The van der Waals surface area contributed by atoms with Crippen LogP contribution in [0, 0.1) is 5.82 Å². The van der Waals surface area contributed by atoms with Gasteiger partial charge in [0.2, 0.25) is 17.6 Å². The molecule has 0 unspecified atom stereocenters. The molecule has 144 valence electrons. The number of fused-ring (bicyclic) bond motifs is 1. The predicted molar refractivity (Wildman–Crippen MR) is 96.8 cm³/mol. The minimum absolute atomic E-state index is 0.0332. The van der Waals surface area contributed by atoms with E-state index in [0.29, 0.717) is 30.7 Å². The SMILES string of the molecule is O=C(CCc1nc(-c2cccc(F)c2)no1)N[C@@H]1CCc2n[nH]c(=O)cc2C1. The average Bonchev–Trinajstić information content (AvgIpc) is 3.15. The second kappa shape index (κ2) is 7.71. The van der Waals surface area contributed by atoms with Crippen molar-refractivity contribution in [1.29, 1.82) is 0 Å². The third-order valence-corrected chi connectivity index (χ3v) is 4.65. The number of rotatable bonds is 5. The van der Waals surface area contributed by atoms with Crippen molar-refractivity contribution < 1.29 is 13.7 Å². The van der Waals surface area contributed by atoms with Gasteiger partial charge in [-0.05, 0) is 37.0 Å². The lowest BCUT2D eigenvalue weighted by atomic mass is 9.92. The molecule has 2 heterocycles. The van der Waals surface area contributed by atoms with Crippen LogP contribution in [0.4, 0.5) is 4.39 Å². The lowest BCUT2D eigenvalue weighted by molar-refractivity contribution is -0.121. The molecule has 3 aromatic rings. The van der Waals surface area contributed by atoms with Crippen molar-refractivity contribution in [2.75, 3.05) is 0 Å². The average molecular weight is 383 g/mol. The van der Waals surface area contributed by atoms with Crippen molar-refractivity contribution in [3.63, 3.8) is 0 Å². The number of hydrogen-bond donors (Lipinski definition) is 2. The Kier molecular flexibility index (Phi) is 4.96. The fourth-order valence-electron chi connectivity index (χ4n) is 3.28. The molecule has 28 heavy (non-hydrogen) atoms. The molecule has 0 spiro atoms. The summed E-state index contributed by atoms with van der Waals surface area (Å²) in [6.45, 7) is 0. The first kappa shape index (κ1) is 18.0. The highest BCUT2D eigenvalue weighted by Crippen LogP contribution is 2.19. The molecule has 0 saturated heterocycles. The van der Waals surface area contributed by atoms with Crippen molar-refractivity contribution in [1.82, 2.24) is 25.7 Å². The number of aromatic nitrogens is 4. The minimum atomic E-state index is -0.380. The van der Waals surface area contributed by atoms with Gasteiger partial charge in [0, 0.05) is 30.5 Å². The van der Waals surface area contributed by atoms with Gasteiger partial charge in [-0.15, -0.1) is 0 Å². The maximum absolute atomic E-state index is 13.3. The standard InChI is InChI=1S/C19H18FN5O3/c20-13-3-1-2-11(8-13)19-22-18(28-25-19)7-6-16(26)21-14-4-5-15-12(9-14)10-17(27)24-23-15/h1-3,8,10,14H,4-7,9H2,(H,21,26)(H,24,27)/t14-/m1/s1. The molecule has 1 aromatic carbocycles. The van der Waals surface area contributed by atoms with Gasteiger partial charge < -0.3 is 9.84 Å². The molecule has 1 aliphatic carbocycles. The van der Waals surface area contributed by atoms with Crippen LogP contribution in [0.15, 0.2) is 39.6 Å². The molecular formula is C19H18FN5O3. The Morgan fingerprint density at radius 2 is 2.25 bits per heavy atom. The van der Waals surface area contributed by atoms with Gasteiger partial charge in [0.1, 0.15) is 5.82 Å². The first-order valence-corrected chi connectivity index (χ1v) is 9.02. The summed E-state index contributed by atoms with van der Waals surface area (Å²) in [6.07, 6.45) is 2.54. The lowest BCUT2D eigenvalue weighted by Crippen LogP contribution is -2.39. The number of nitrogens with zero attached hydrogens (tertiary/aromatic N) is 3. The van der Waals surface area contributed by atoms with E-state index in [0.717, 1.165) is 17.7 Å². The number of halogens is 1. The third-order valence-electron chi connectivity index (χ3n) is 4.65. The molecule has 0 saturated carbocycles. The second-order valence-electron chi connectivity index (χ2n) is 6.73. The highest BCUT2D eigenvalue weighted by atomic mass is 19.1. The van der Waals surface area contributed by atoms with Gasteiger partial charge in [-0.2, -0.15) is 10.1 Å². The molecule has 2 aromatic heterocycles. The quantitative estimate of drug-likeness (QED) is 0.691. The van der Waals surface area contributed by atoms with Gasteiger partial charge >= 0.3 is 0 Å². The molecule has 0 aliphatic heterocycles. The van der Waals surface area contributed by atoms with E-state index in [1.54, 1.807) is 12.1 Å². The first-order valence-electron chi connectivity index (χ1n) is 9.02. The van der Waals surface area contributed by atoms with E-state index in [1.165, 1.54) is 18.2 Å². The fourth-order valence-corrected chi connectivity index (χ4v) is 3.28. The number of carbonyl (C=O) groups is 1. The van der Waals surface area contributed by atoms with Gasteiger partial charge in [0.05, 0.1) is 5.69 Å². The van der Waals surface area contributed by atoms with Gasteiger partial charge in [-0.1, -0.05) is 17.3 Å². The number of hydrogen-bond acceptors (Lipinski definition) is 6. The van der Waals surface area contributed by atoms with Crippen molar-refractivity contribution >= 4 is 5.91 Å². The third kappa shape index (κ3) is 4.13. The molecule has 0 radical (unpaired) electrons. The summed E-state index contributed by atoms with van der Waals surface area (Å²) in [5, 5.41) is 13.3. The van der Waals surface area contributed by atoms with Crippen LogP contribution in [0.1, 0.15) is 30.0 Å². The van der Waals surface area contributed by atoms with E-state index in [4.69, 9.17) is 4.52 Å². The summed E-state index contributed by atoms with van der Waals surface area (Å²) >= 11 is 0. The number of aromatic amines is 1. The summed E-state index contributed by atoms with van der Waals surface area (Å²) < 4.78 is 18.4. The van der Waals surface area contributed by atoms with Gasteiger partial charge in [0.15, 0.2) is 0 Å². The van der Waals surface area contributed by atoms with Crippen LogP contribution in [-0.2, 0) is 24.1 Å². The Balaban J connectivity index is 1.31. The first-order chi connectivity index (χ1) is 13.6. The normalized spacial score (nSPS) is 15.8. The Hall–Kier alpha value is -3.36. The topological polar surface area (TPSA) is 114 Å². The van der Waals surface area contributed by atoms with Gasteiger partial charge in [-0.25, -0.2) is 9.49 Å². The Bertz CT molecular complexity index is 1060. The minimum Gasteiger partial charge on any atom is -0.353 e. The second-order valence-corrected chi connectivity index (χ2v) is 6.73. The molecule has 4 rings (SSSR count). The molecule has 1 amide bonds. The number of H-pyrrole nitrogens is 1. The molecule has 0 fully saturated rings. The number of carbonyl (C=O) groups excluding carboxylic acids is 1. The maximum Gasteiger partial charge on any atom is 0.264 e. The number of benzene rings is 1. The van der Waals surface area contributed by atoms with Crippen LogP contribution in [-0.4, -0.2) is 32.3 Å². The molecular weight excluding hydrogens is 365 g/mol. The summed E-state index contributed by atoms with van der Waals surface area (Å²) in [4.78, 5) is 27.9. The van der Waals surface area contributed by atoms with E-state index in [1.807, 2.05) is 0 Å². The van der Waals surface area contributed by atoms with Crippen molar-refractivity contribution in [2.45, 2.75) is 38.1 Å². The number of nitrogens with one attached hydrogen (secondary N) is 2. The Morgan fingerprint density at radius 1 is 1.36 bits per heavy atom. The van der Waals surface area contributed by atoms with E-state index < -0.39 is 0 Å². The monoisotopic (exact) mass is 383 g/mol. The van der Waals surface area contributed by atoms with Crippen LogP contribution in [0.2, 0.25) is 0 Å². The summed E-state index contributed by atoms with van der Waals surface area (Å²) in [6, 6.07) is 7.42. The summed E-state index contributed by atoms with van der Waals surface area (Å²) in [5.74, 6) is 0.0990. The lowest BCUT2D eigenvalue weighted by Gasteiger charge is -2.24. The molecule has 2 N–H and O–H groups in total. The highest BCUT2D eigenvalue weighted by Gasteiger charge is 2.22. The number of amides is 1. The molecule has 1 aliphatic rings. The maximum atomic E-state index is 13.3. The molecule has 8 nitrogen and oxygen atoms in total. The van der Waals surface area contributed by atoms with Crippen molar-refractivity contribution in [3.8, 4) is 11.4 Å². The molecule has 9 heteroatoms. The Labute approximate surface area is 159 Å².